The standard InChI is InChI=1S/C15H15Cl3N2/c1-9-3-4-11(7-19-9)8-20-10(2)12-5-6-13(16)15(18)14(12)17/h3-7,10,20H,8H2,1-2H3. The van der Waals surface area contributed by atoms with Gasteiger partial charge in [0.05, 0.1) is 15.1 Å². The Morgan fingerprint density at radius 3 is 2.50 bits per heavy atom. The van der Waals surface area contributed by atoms with Crippen molar-refractivity contribution >= 4 is 34.8 Å². The second kappa shape index (κ2) is 6.77. The molecule has 0 radical (unpaired) electrons. The van der Waals surface area contributed by atoms with Crippen molar-refractivity contribution < 1.29 is 0 Å². The van der Waals surface area contributed by atoms with Gasteiger partial charge in [-0.2, -0.15) is 0 Å². The fraction of sp³-hybridized carbons (Fsp3) is 0.267. The van der Waals surface area contributed by atoms with Gasteiger partial charge in [-0.15, -0.1) is 0 Å². The highest BCUT2D eigenvalue weighted by Gasteiger charge is 2.14. The quantitative estimate of drug-likeness (QED) is 0.780. The average molecular weight is 330 g/mol. The predicted octanol–water partition coefficient (Wildman–Crippen LogP) is 5.20. The number of benzene rings is 1. The first-order valence-electron chi connectivity index (χ1n) is 6.27. The lowest BCUT2D eigenvalue weighted by atomic mass is 10.1. The third-order valence-electron chi connectivity index (χ3n) is 3.12. The van der Waals surface area contributed by atoms with Gasteiger partial charge in [0.1, 0.15) is 0 Å². The molecule has 20 heavy (non-hydrogen) atoms. The number of hydrogen-bond donors (Lipinski definition) is 1. The van der Waals surface area contributed by atoms with Crippen molar-refractivity contribution in [3.63, 3.8) is 0 Å². The van der Waals surface area contributed by atoms with E-state index < -0.39 is 0 Å². The van der Waals surface area contributed by atoms with E-state index in [2.05, 4.69) is 16.4 Å². The Hall–Kier alpha value is -0.800. The molecule has 0 spiro atoms. The summed E-state index contributed by atoms with van der Waals surface area (Å²) >= 11 is 18.2. The van der Waals surface area contributed by atoms with E-state index in [-0.39, 0.29) is 6.04 Å². The summed E-state index contributed by atoms with van der Waals surface area (Å²) in [6.45, 7) is 4.72. The topological polar surface area (TPSA) is 24.9 Å². The summed E-state index contributed by atoms with van der Waals surface area (Å²) in [5.74, 6) is 0. The number of nitrogens with zero attached hydrogens (tertiary/aromatic N) is 1. The van der Waals surface area contributed by atoms with Crippen molar-refractivity contribution in [2.75, 3.05) is 0 Å². The number of halogens is 3. The molecule has 5 heteroatoms. The van der Waals surface area contributed by atoms with Crippen molar-refractivity contribution in [1.29, 1.82) is 0 Å². The summed E-state index contributed by atoms with van der Waals surface area (Å²) < 4.78 is 0. The molecule has 2 aromatic rings. The van der Waals surface area contributed by atoms with Crippen LogP contribution in [0.5, 0.6) is 0 Å². The number of aromatic nitrogens is 1. The Bertz CT molecular complexity index is 597. The third-order valence-corrected chi connectivity index (χ3v) is 4.42. The fourth-order valence-electron chi connectivity index (χ4n) is 1.86. The summed E-state index contributed by atoms with van der Waals surface area (Å²) in [7, 11) is 0. The summed E-state index contributed by atoms with van der Waals surface area (Å²) in [6, 6.07) is 7.77. The highest BCUT2D eigenvalue weighted by atomic mass is 35.5. The molecule has 1 N–H and O–H groups in total. The lowest BCUT2D eigenvalue weighted by Gasteiger charge is -2.17. The molecule has 2 rings (SSSR count). The molecule has 0 aliphatic carbocycles. The minimum Gasteiger partial charge on any atom is -0.306 e. The number of rotatable bonds is 4. The Morgan fingerprint density at radius 1 is 1.10 bits per heavy atom. The highest BCUT2D eigenvalue weighted by molar-refractivity contribution is 6.48. The highest BCUT2D eigenvalue weighted by Crippen LogP contribution is 2.35. The summed E-state index contributed by atoms with van der Waals surface area (Å²) in [5, 5.41) is 4.76. The van der Waals surface area contributed by atoms with Gasteiger partial charge >= 0.3 is 0 Å². The number of pyridine rings is 1. The molecular weight excluding hydrogens is 315 g/mol. The van der Waals surface area contributed by atoms with Crippen molar-refractivity contribution in [1.82, 2.24) is 10.3 Å². The van der Waals surface area contributed by atoms with Crippen LogP contribution < -0.4 is 5.32 Å². The van der Waals surface area contributed by atoms with Gasteiger partial charge in [-0.25, -0.2) is 0 Å². The molecule has 1 heterocycles. The van der Waals surface area contributed by atoms with Gasteiger partial charge in [-0.05, 0) is 37.1 Å². The van der Waals surface area contributed by atoms with Crippen LogP contribution in [0.4, 0.5) is 0 Å². The smallest absolute Gasteiger partial charge is 0.0781 e. The molecule has 0 aliphatic heterocycles. The van der Waals surface area contributed by atoms with Crippen LogP contribution in [0.25, 0.3) is 0 Å². The Labute approximate surface area is 134 Å². The summed E-state index contributed by atoms with van der Waals surface area (Å²) in [4.78, 5) is 4.27. The van der Waals surface area contributed by atoms with Crippen LogP contribution >= 0.6 is 34.8 Å². The summed E-state index contributed by atoms with van der Waals surface area (Å²) in [6.07, 6.45) is 1.87. The molecular formula is C15H15Cl3N2. The maximum Gasteiger partial charge on any atom is 0.0781 e. The third kappa shape index (κ3) is 3.64. The predicted molar refractivity (Wildman–Crippen MR) is 85.7 cm³/mol. The number of nitrogens with one attached hydrogen (secondary N) is 1. The van der Waals surface area contributed by atoms with Crippen molar-refractivity contribution in [3.8, 4) is 0 Å². The van der Waals surface area contributed by atoms with Crippen LogP contribution in [-0.4, -0.2) is 4.98 Å². The Balaban J connectivity index is 2.07. The van der Waals surface area contributed by atoms with Crippen LogP contribution in [-0.2, 0) is 6.54 Å². The molecule has 1 atom stereocenters. The minimum atomic E-state index is 0.0681. The molecule has 0 amide bonds. The van der Waals surface area contributed by atoms with E-state index >= 15 is 0 Å². The van der Waals surface area contributed by atoms with Gasteiger partial charge in [-0.3, -0.25) is 4.98 Å². The second-order valence-corrected chi connectivity index (χ2v) is 5.84. The van der Waals surface area contributed by atoms with E-state index in [1.807, 2.05) is 32.2 Å². The molecule has 0 saturated carbocycles. The first-order valence-corrected chi connectivity index (χ1v) is 7.40. The van der Waals surface area contributed by atoms with Crippen molar-refractivity contribution in [2.45, 2.75) is 26.4 Å². The SMILES string of the molecule is Cc1ccc(CNC(C)c2ccc(Cl)c(Cl)c2Cl)cn1. The van der Waals surface area contributed by atoms with Crippen molar-refractivity contribution in [2.24, 2.45) is 0 Å². The van der Waals surface area contributed by atoms with E-state index in [0.717, 1.165) is 16.8 Å². The maximum absolute atomic E-state index is 6.23. The van der Waals surface area contributed by atoms with Crippen LogP contribution in [0.1, 0.15) is 29.8 Å². The molecule has 1 aromatic heterocycles. The normalized spacial score (nSPS) is 12.4. The van der Waals surface area contributed by atoms with E-state index in [0.29, 0.717) is 21.6 Å². The van der Waals surface area contributed by atoms with Gasteiger partial charge in [0, 0.05) is 24.5 Å². The van der Waals surface area contributed by atoms with Crippen LogP contribution in [0, 0.1) is 6.92 Å². The molecule has 0 saturated heterocycles. The summed E-state index contributed by atoms with van der Waals surface area (Å²) in [5.41, 5.74) is 3.06. The largest absolute Gasteiger partial charge is 0.306 e. The zero-order chi connectivity index (χ0) is 14.7. The zero-order valence-electron chi connectivity index (χ0n) is 11.3. The Kier molecular flexibility index (Phi) is 5.28. The van der Waals surface area contributed by atoms with E-state index in [9.17, 15) is 0 Å². The Morgan fingerprint density at radius 2 is 1.85 bits per heavy atom. The fourth-order valence-corrected chi connectivity index (χ4v) is 2.57. The van der Waals surface area contributed by atoms with Gasteiger partial charge in [-0.1, -0.05) is 46.9 Å². The second-order valence-electron chi connectivity index (χ2n) is 4.67. The van der Waals surface area contributed by atoms with Gasteiger partial charge in [0.2, 0.25) is 0 Å². The van der Waals surface area contributed by atoms with E-state index in [4.69, 9.17) is 34.8 Å². The number of hydrogen-bond acceptors (Lipinski definition) is 2. The zero-order valence-corrected chi connectivity index (χ0v) is 13.5. The molecule has 1 unspecified atom stereocenters. The van der Waals surface area contributed by atoms with E-state index in [1.54, 1.807) is 6.07 Å². The lowest BCUT2D eigenvalue weighted by molar-refractivity contribution is 0.574. The first-order chi connectivity index (χ1) is 9.49. The number of aryl methyl sites for hydroxylation is 1. The van der Waals surface area contributed by atoms with Crippen molar-refractivity contribution in [3.05, 3.63) is 62.4 Å². The average Bonchev–Trinajstić information content (AvgIpc) is 2.44. The van der Waals surface area contributed by atoms with Crippen LogP contribution in [0.3, 0.4) is 0 Å². The van der Waals surface area contributed by atoms with Crippen LogP contribution in [0.15, 0.2) is 30.5 Å². The van der Waals surface area contributed by atoms with Crippen LogP contribution in [0.2, 0.25) is 15.1 Å². The van der Waals surface area contributed by atoms with E-state index in [1.165, 1.54) is 0 Å². The monoisotopic (exact) mass is 328 g/mol. The molecule has 0 aliphatic rings. The molecule has 106 valence electrons. The van der Waals surface area contributed by atoms with Gasteiger partial charge < -0.3 is 5.32 Å². The molecule has 0 fully saturated rings. The first kappa shape index (κ1) is 15.6. The maximum atomic E-state index is 6.23. The van der Waals surface area contributed by atoms with Gasteiger partial charge in [0.25, 0.3) is 0 Å². The molecule has 0 bridgehead atoms. The molecule has 1 aromatic carbocycles. The van der Waals surface area contributed by atoms with Gasteiger partial charge in [0.15, 0.2) is 0 Å². The molecule has 2 nitrogen and oxygen atoms in total. The lowest BCUT2D eigenvalue weighted by Crippen LogP contribution is -2.18. The minimum absolute atomic E-state index is 0.0681.